The largest absolute Gasteiger partial charge is 0.360 e. The summed E-state index contributed by atoms with van der Waals surface area (Å²) < 4.78 is 14.5. The number of carbonyl (C=O) groups is 1. The van der Waals surface area contributed by atoms with Crippen molar-refractivity contribution in [2.75, 3.05) is 13.1 Å². The number of likely N-dealkylation sites (tertiary alicyclic amines) is 1. The van der Waals surface area contributed by atoms with E-state index < -0.39 is 0 Å². The highest BCUT2D eigenvalue weighted by Crippen LogP contribution is 2.37. The molecule has 4 aromatic rings. The molecule has 0 aliphatic carbocycles. The van der Waals surface area contributed by atoms with Gasteiger partial charge in [-0.15, -0.1) is 0 Å². The van der Waals surface area contributed by atoms with Crippen LogP contribution in [0.2, 0.25) is 0 Å². The fraction of sp³-hybridized carbons (Fsp3) is 0.214. The van der Waals surface area contributed by atoms with Crippen LogP contribution < -0.4 is 5.73 Å². The number of rotatable bonds is 3. The lowest BCUT2D eigenvalue weighted by Crippen LogP contribution is -2.42. The molecular formula is C28H25FN4O. The molecule has 0 saturated carbocycles. The summed E-state index contributed by atoms with van der Waals surface area (Å²) in [4.78, 5) is 18.4. The van der Waals surface area contributed by atoms with E-state index in [1.807, 2.05) is 35.2 Å². The minimum atomic E-state index is -0.269. The molecule has 0 spiro atoms. The molecule has 1 fully saturated rings. The Bertz CT molecular complexity index is 1420. The van der Waals surface area contributed by atoms with E-state index in [4.69, 9.17) is 5.73 Å². The monoisotopic (exact) mass is 452 g/mol. The Balaban J connectivity index is 1.66. The number of halogens is 1. The minimum Gasteiger partial charge on any atom is -0.360 e. The van der Waals surface area contributed by atoms with Gasteiger partial charge in [0.2, 0.25) is 0 Å². The second kappa shape index (κ2) is 8.77. The van der Waals surface area contributed by atoms with Crippen LogP contribution in [0, 0.1) is 24.1 Å². The molecule has 1 aliphatic heterocycles. The molecule has 6 heteroatoms. The van der Waals surface area contributed by atoms with Crippen molar-refractivity contribution >= 4 is 16.8 Å². The molecule has 0 unspecified atom stereocenters. The van der Waals surface area contributed by atoms with Gasteiger partial charge in [0.05, 0.1) is 17.2 Å². The van der Waals surface area contributed by atoms with Crippen molar-refractivity contribution < 1.29 is 9.18 Å². The molecular weight excluding hydrogens is 427 g/mol. The van der Waals surface area contributed by atoms with Crippen LogP contribution in [0.5, 0.6) is 0 Å². The highest BCUT2D eigenvalue weighted by atomic mass is 19.1. The van der Waals surface area contributed by atoms with Crippen molar-refractivity contribution in [3.63, 3.8) is 0 Å². The van der Waals surface area contributed by atoms with Crippen LogP contribution in [0.4, 0.5) is 4.39 Å². The molecule has 3 N–H and O–H groups in total. The van der Waals surface area contributed by atoms with Crippen LogP contribution in [0.15, 0.2) is 60.8 Å². The van der Waals surface area contributed by atoms with Gasteiger partial charge in [-0.2, -0.15) is 5.26 Å². The lowest BCUT2D eigenvalue weighted by Gasteiger charge is -2.30. The second-order valence-corrected chi connectivity index (χ2v) is 8.93. The summed E-state index contributed by atoms with van der Waals surface area (Å²) in [5, 5.41) is 10.0. The standard InChI is InChI=1S/C28H25FN4O/c1-17-2-5-20(12-26(17)29)23-14-27-24(13-22(23)19-6-3-18(15-30)4-7-19)25(16-32-27)28(34)33-10-8-21(31)9-11-33/h2-7,12-14,16,21,32H,8-11,31H2,1H3. The topological polar surface area (TPSA) is 85.9 Å². The number of nitrogens with zero attached hydrogens (tertiary/aromatic N) is 2. The first-order chi connectivity index (χ1) is 16.4. The van der Waals surface area contributed by atoms with Crippen LogP contribution in [0.25, 0.3) is 33.2 Å². The molecule has 5 nitrogen and oxygen atoms in total. The van der Waals surface area contributed by atoms with Crippen LogP contribution in [0.1, 0.15) is 34.3 Å². The third-order valence-corrected chi connectivity index (χ3v) is 6.68. The third kappa shape index (κ3) is 3.95. The van der Waals surface area contributed by atoms with Gasteiger partial charge in [-0.05, 0) is 77.9 Å². The van der Waals surface area contributed by atoms with Crippen LogP contribution in [0.3, 0.4) is 0 Å². The number of nitrogens with one attached hydrogen (secondary N) is 1. The number of piperidine rings is 1. The fourth-order valence-corrected chi connectivity index (χ4v) is 4.58. The number of amides is 1. The van der Waals surface area contributed by atoms with Gasteiger partial charge in [-0.25, -0.2) is 4.39 Å². The summed E-state index contributed by atoms with van der Waals surface area (Å²) in [5.41, 5.74) is 11.9. The van der Waals surface area contributed by atoms with Gasteiger partial charge in [0.25, 0.3) is 5.91 Å². The molecule has 2 heterocycles. The lowest BCUT2D eigenvalue weighted by atomic mass is 9.91. The predicted octanol–water partition coefficient (Wildman–Crippen LogP) is 5.38. The Kier molecular flexibility index (Phi) is 5.64. The first kappa shape index (κ1) is 21.9. The zero-order chi connectivity index (χ0) is 23.8. The van der Waals surface area contributed by atoms with E-state index in [-0.39, 0.29) is 17.8 Å². The quantitative estimate of drug-likeness (QED) is 0.437. The van der Waals surface area contributed by atoms with Crippen molar-refractivity contribution in [2.24, 2.45) is 5.73 Å². The second-order valence-electron chi connectivity index (χ2n) is 8.93. The van der Waals surface area contributed by atoms with Crippen molar-refractivity contribution in [1.29, 1.82) is 5.26 Å². The molecule has 170 valence electrons. The molecule has 3 aromatic carbocycles. The molecule has 0 radical (unpaired) electrons. The Morgan fingerprint density at radius 3 is 2.41 bits per heavy atom. The number of carbonyl (C=O) groups excluding carboxylic acids is 1. The van der Waals surface area contributed by atoms with Gasteiger partial charge < -0.3 is 15.6 Å². The first-order valence-electron chi connectivity index (χ1n) is 11.4. The zero-order valence-electron chi connectivity index (χ0n) is 18.9. The molecule has 0 atom stereocenters. The molecule has 5 rings (SSSR count). The zero-order valence-corrected chi connectivity index (χ0v) is 18.9. The van der Waals surface area contributed by atoms with Crippen molar-refractivity contribution in [3.8, 4) is 28.3 Å². The molecule has 1 amide bonds. The smallest absolute Gasteiger partial charge is 0.256 e. The lowest BCUT2D eigenvalue weighted by molar-refractivity contribution is 0.0717. The number of nitrogens with two attached hydrogens (primary N) is 1. The van der Waals surface area contributed by atoms with Gasteiger partial charge in [-0.1, -0.05) is 24.3 Å². The van der Waals surface area contributed by atoms with Crippen LogP contribution in [-0.2, 0) is 0 Å². The molecule has 1 aromatic heterocycles. The van der Waals surface area contributed by atoms with E-state index in [0.29, 0.717) is 29.8 Å². The summed E-state index contributed by atoms with van der Waals surface area (Å²) in [5.74, 6) is -0.285. The van der Waals surface area contributed by atoms with Crippen LogP contribution >= 0.6 is 0 Å². The highest BCUT2D eigenvalue weighted by molar-refractivity contribution is 6.09. The summed E-state index contributed by atoms with van der Waals surface area (Å²) >= 11 is 0. The van der Waals surface area contributed by atoms with Gasteiger partial charge in [0, 0.05) is 36.2 Å². The number of hydrogen-bond donors (Lipinski definition) is 2. The summed E-state index contributed by atoms with van der Waals surface area (Å²) in [6.07, 6.45) is 3.35. The Hall–Kier alpha value is -3.95. The average molecular weight is 453 g/mol. The predicted molar refractivity (Wildman–Crippen MR) is 132 cm³/mol. The van der Waals surface area contributed by atoms with Gasteiger partial charge in [0.1, 0.15) is 5.82 Å². The van der Waals surface area contributed by atoms with E-state index in [2.05, 4.69) is 11.1 Å². The fourth-order valence-electron chi connectivity index (χ4n) is 4.58. The number of aryl methyl sites for hydroxylation is 1. The summed E-state index contributed by atoms with van der Waals surface area (Å²) in [6, 6.07) is 18.7. The van der Waals surface area contributed by atoms with Gasteiger partial charge >= 0.3 is 0 Å². The van der Waals surface area contributed by atoms with E-state index in [1.165, 1.54) is 6.07 Å². The van der Waals surface area contributed by atoms with E-state index in [9.17, 15) is 14.4 Å². The van der Waals surface area contributed by atoms with Crippen molar-refractivity contribution in [3.05, 3.63) is 83.3 Å². The van der Waals surface area contributed by atoms with Gasteiger partial charge in [0.15, 0.2) is 0 Å². The van der Waals surface area contributed by atoms with Crippen molar-refractivity contribution in [1.82, 2.24) is 9.88 Å². The molecule has 34 heavy (non-hydrogen) atoms. The minimum absolute atomic E-state index is 0.0157. The molecule has 1 aliphatic rings. The number of hydrogen-bond acceptors (Lipinski definition) is 3. The summed E-state index contributed by atoms with van der Waals surface area (Å²) in [7, 11) is 0. The number of benzene rings is 3. The van der Waals surface area contributed by atoms with Crippen LogP contribution in [-0.4, -0.2) is 34.9 Å². The normalized spacial score (nSPS) is 14.4. The highest BCUT2D eigenvalue weighted by Gasteiger charge is 2.24. The number of aromatic amines is 1. The maximum Gasteiger partial charge on any atom is 0.256 e. The Morgan fingerprint density at radius 2 is 1.74 bits per heavy atom. The number of H-pyrrole nitrogens is 1. The SMILES string of the molecule is Cc1ccc(-c2cc3[nH]cc(C(=O)N4CCC(N)CC4)c3cc2-c2ccc(C#N)cc2)cc1F. The molecule has 0 bridgehead atoms. The van der Waals surface area contributed by atoms with E-state index in [1.54, 1.807) is 31.3 Å². The number of aromatic nitrogens is 1. The first-order valence-corrected chi connectivity index (χ1v) is 11.4. The number of nitriles is 1. The maximum absolute atomic E-state index is 14.5. The third-order valence-electron chi connectivity index (χ3n) is 6.68. The maximum atomic E-state index is 14.5. The van der Waals surface area contributed by atoms with Crippen molar-refractivity contribution in [2.45, 2.75) is 25.8 Å². The van der Waals surface area contributed by atoms with Gasteiger partial charge in [-0.3, -0.25) is 4.79 Å². The Labute approximate surface area is 197 Å². The average Bonchev–Trinajstić information content (AvgIpc) is 3.28. The Morgan fingerprint density at radius 1 is 1.06 bits per heavy atom. The molecule has 1 saturated heterocycles. The summed E-state index contributed by atoms with van der Waals surface area (Å²) in [6.45, 7) is 3.03. The van der Waals surface area contributed by atoms with E-state index >= 15 is 0 Å². The number of fused-ring (bicyclic) bond motifs is 1. The van der Waals surface area contributed by atoms with E-state index in [0.717, 1.165) is 46.0 Å².